The first kappa shape index (κ1) is 29.0. The number of morpholine rings is 1. The minimum absolute atomic E-state index is 0.0546. The number of halogens is 1. The van der Waals surface area contributed by atoms with E-state index in [0.717, 1.165) is 90.1 Å². The van der Waals surface area contributed by atoms with Crippen LogP contribution in [0.3, 0.4) is 0 Å². The van der Waals surface area contributed by atoms with Gasteiger partial charge in [-0.15, -0.1) is 0 Å². The Balaban J connectivity index is 1.14. The number of rotatable bonds is 12. The molecular formula is C31H34ClN5O3S. The van der Waals surface area contributed by atoms with Gasteiger partial charge in [-0.1, -0.05) is 35.1 Å². The van der Waals surface area contributed by atoms with Gasteiger partial charge in [0.1, 0.15) is 12.4 Å². The summed E-state index contributed by atoms with van der Waals surface area (Å²) in [7, 11) is 0. The van der Waals surface area contributed by atoms with Crippen LogP contribution in [0.4, 0.5) is 16.5 Å². The average molecular weight is 592 g/mol. The van der Waals surface area contributed by atoms with Gasteiger partial charge in [-0.05, 0) is 81.3 Å². The molecular weight excluding hydrogens is 558 g/mol. The van der Waals surface area contributed by atoms with Crippen LogP contribution in [0.25, 0.3) is 10.2 Å². The van der Waals surface area contributed by atoms with Crippen molar-refractivity contribution < 1.29 is 14.3 Å². The lowest BCUT2D eigenvalue weighted by Gasteiger charge is -2.26. The summed E-state index contributed by atoms with van der Waals surface area (Å²) in [5.74, 6) is 0.534. The molecule has 0 spiro atoms. The van der Waals surface area contributed by atoms with Crippen LogP contribution in [0, 0.1) is 0 Å². The third-order valence-corrected chi connectivity index (χ3v) is 8.07. The molecule has 3 heterocycles. The van der Waals surface area contributed by atoms with Gasteiger partial charge in [0, 0.05) is 36.2 Å². The van der Waals surface area contributed by atoms with Crippen LogP contribution in [0.1, 0.15) is 31.9 Å². The molecule has 0 unspecified atom stereocenters. The molecule has 214 valence electrons. The first-order valence-electron chi connectivity index (χ1n) is 13.8. The van der Waals surface area contributed by atoms with Crippen LogP contribution in [0.2, 0.25) is 5.02 Å². The zero-order valence-electron chi connectivity index (χ0n) is 23.1. The van der Waals surface area contributed by atoms with Crippen LogP contribution >= 0.6 is 22.9 Å². The normalized spacial score (nSPS) is 14.2. The number of aromatic nitrogens is 2. The number of anilines is 3. The molecule has 0 bridgehead atoms. The number of hydrogen-bond acceptors (Lipinski definition) is 8. The Labute approximate surface area is 249 Å². The van der Waals surface area contributed by atoms with Crippen molar-refractivity contribution in [2.75, 3.05) is 43.5 Å². The molecule has 5 rings (SSSR count). The lowest BCUT2D eigenvalue weighted by Crippen LogP contribution is -2.36. The summed E-state index contributed by atoms with van der Waals surface area (Å²) < 4.78 is 12.2. The minimum Gasteiger partial charge on any atom is -0.486 e. The van der Waals surface area contributed by atoms with Crippen LogP contribution in [-0.4, -0.2) is 53.6 Å². The summed E-state index contributed by atoms with van der Waals surface area (Å²) in [5, 5.41) is 7.61. The number of nitrogens with zero attached hydrogens (tertiary/aromatic N) is 3. The van der Waals surface area contributed by atoms with Crippen molar-refractivity contribution in [1.29, 1.82) is 0 Å². The van der Waals surface area contributed by atoms with Gasteiger partial charge < -0.3 is 20.1 Å². The molecule has 1 fully saturated rings. The van der Waals surface area contributed by atoms with Gasteiger partial charge in [-0.2, -0.15) is 0 Å². The Kier molecular flexibility index (Phi) is 10.2. The fourth-order valence-electron chi connectivity index (χ4n) is 4.59. The Morgan fingerprint density at radius 2 is 1.98 bits per heavy atom. The van der Waals surface area contributed by atoms with Gasteiger partial charge in [0.25, 0.3) is 5.91 Å². The van der Waals surface area contributed by atoms with E-state index in [1.807, 2.05) is 67.6 Å². The summed E-state index contributed by atoms with van der Waals surface area (Å²) in [6.07, 6.45) is 6.46. The lowest BCUT2D eigenvalue weighted by atomic mass is 10.1. The van der Waals surface area contributed by atoms with Gasteiger partial charge >= 0.3 is 0 Å². The summed E-state index contributed by atoms with van der Waals surface area (Å²) >= 11 is 7.98. The second kappa shape index (κ2) is 14.4. The number of pyridine rings is 1. The van der Waals surface area contributed by atoms with Crippen LogP contribution in [0.5, 0.6) is 5.75 Å². The van der Waals surface area contributed by atoms with Crippen molar-refractivity contribution in [3.8, 4) is 5.75 Å². The highest BCUT2D eigenvalue weighted by molar-refractivity contribution is 7.22. The molecule has 41 heavy (non-hydrogen) atoms. The van der Waals surface area contributed by atoms with E-state index in [0.29, 0.717) is 17.4 Å². The third-order valence-electron chi connectivity index (χ3n) is 6.85. The van der Waals surface area contributed by atoms with E-state index in [1.165, 1.54) is 11.3 Å². The van der Waals surface area contributed by atoms with E-state index in [9.17, 15) is 4.79 Å². The van der Waals surface area contributed by atoms with Crippen LogP contribution in [-0.2, 0) is 16.1 Å². The monoisotopic (exact) mass is 591 g/mol. The Morgan fingerprint density at radius 1 is 1.12 bits per heavy atom. The van der Waals surface area contributed by atoms with E-state index in [2.05, 4.69) is 25.5 Å². The molecule has 4 aromatic rings. The Hall–Kier alpha value is -3.50. The van der Waals surface area contributed by atoms with E-state index in [-0.39, 0.29) is 5.91 Å². The summed E-state index contributed by atoms with van der Waals surface area (Å²) in [6.45, 7) is 6.94. The molecule has 0 atom stereocenters. The number of allylic oxidation sites excluding steroid dienone is 1. The summed E-state index contributed by atoms with van der Waals surface area (Å²) in [5.41, 5.74) is 4.05. The number of fused-ring (bicyclic) bond motifs is 1. The average Bonchev–Trinajstić information content (AvgIpc) is 3.39. The highest BCUT2D eigenvalue weighted by atomic mass is 35.5. The second-order valence-corrected chi connectivity index (χ2v) is 11.2. The predicted octanol–water partition coefficient (Wildman–Crippen LogP) is 7.05. The molecule has 2 N–H and O–H groups in total. The lowest BCUT2D eigenvalue weighted by molar-refractivity contribution is -0.113. The Bertz CT molecular complexity index is 1490. The highest BCUT2D eigenvalue weighted by Gasteiger charge is 2.13. The molecule has 1 aliphatic rings. The number of amides is 1. The van der Waals surface area contributed by atoms with Gasteiger partial charge in [0.2, 0.25) is 0 Å². The van der Waals surface area contributed by atoms with E-state index in [1.54, 1.807) is 6.20 Å². The summed E-state index contributed by atoms with van der Waals surface area (Å²) in [6, 6.07) is 17.0. The van der Waals surface area contributed by atoms with Crippen molar-refractivity contribution >= 4 is 55.6 Å². The molecule has 0 radical (unpaired) electrons. The first-order valence-corrected chi connectivity index (χ1v) is 15.0. The van der Waals surface area contributed by atoms with Gasteiger partial charge in [0.15, 0.2) is 5.13 Å². The molecule has 0 aliphatic carbocycles. The van der Waals surface area contributed by atoms with Crippen molar-refractivity contribution in [2.24, 2.45) is 0 Å². The zero-order valence-corrected chi connectivity index (χ0v) is 24.6. The molecule has 0 saturated carbocycles. The Morgan fingerprint density at radius 3 is 2.76 bits per heavy atom. The second-order valence-electron chi connectivity index (χ2n) is 9.76. The quantitative estimate of drug-likeness (QED) is 0.135. The van der Waals surface area contributed by atoms with Crippen molar-refractivity contribution in [2.45, 2.75) is 32.8 Å². The minimum atomic E-state index is -0.0546. The molecule has 2 aromatic heterocycles. The van der Waals surface area contributed by atoms with Crippen molar-refractivity contribution in [3.63, 3.8) is 0 Å². The molecule has 2 aromatic carbocycles. The van der Waals surface area contributed by atoms with Crippen molar-refractivity contribution in [1.82, 2.24) is 14.9 Å². The SMILES string of the molecule is C/C=C(\CCCCN1CCOCC1)C(=O)Nc1ccc2nc(Nc3ccc(OCc4ccccn4)c(Cl)c3)sc2c1. The van der Waals surface area contributed by atoms with E-state index in [4.69, 9.17) is 21.1 Å². The fourth-order valence-corrected chi connectivity index (χ4v) is 5.75. The maximum atomic E-state index is 13.0. The van der Waals surface area contributed by atoms with Crippen LogP contribution in [0.15, 0.2) is 72.4 Å². The van der Waals surface area contributed by atoms with E-state index < -0.39 is 0 Å². The zero-order chi connectivity index (χ0) is 28.4. The molecule has 8 nitrogen and oxygen atoms in total. The molecule has 1 saturated heterocycles. The number of carbonyl (C=O) groups excluding carboxylic acids is 1. The molecule has 10 heteroatoms. The largest absolute Gasteiger partial charge is 0.486 e. The number of ether oxygens (including phenoxy) is 2. The standard InChI is InChI=1S/C31H34ClN5O3S/c1-2-22(7-4-6-14-37-15-17-39-18-16-37)30(38)34-24-9-11-27-29(20-24)41-31(36-27)35-23-10-12-28(26(32)19-23)40-21-25-8-3-5-13-33-25/h2-3,5,8-13,19-20H,4,6-7,14-18,21H2,1H3,(H,34,38)(H,35,36)/b22-2+. The van der Waals surface area contributed by atoms with Gasteiger partial charge in [0.05, 0.1) is 34.1 Å². The van der Waals surface area contributed by atoms with Crippen LogP contribution < -0.4 is 15.4 Å². The number of benzene rings is 2. The van der Waals surface area contributed by atoms with Gasteiger partial charge in [-0.25, -0.2) is 4.98 Å². The highest BCUT2D eigenvalue weighted by Crippen LogP contribution is 2.33. The number of hydrogen-bond donors (Lipinski definition) is 2. The summed E-state index contributed by atoms with van der Waals surface area (Å²) in [4.78, 5) is 24.3. The fraction of sp³-hybridized carbons (Fsp3) is 0.323. The number of carbonyl (C=O) groups is 1. The maximum absolute atomic E-state index is 13.0. The number of unbranched alkanes of at least 4 members (excludes halogenated alkanes) is 1. The molecule has 1 amide bonds. The van der Waals surface area contributed by atoms with Gasteiger partial charge in [-0.3, -0.25) is 14.7 Å². The predicted molar refractivity (Wildman–Crippen MR) is 166 cm³/mol. The first-order chi connectivity index (χ1) is 20.1. The third kappa shape index (κ3) is 8.27. The number of nitrogens with one attached hydrogen (secondary N) is 2. The van der Waals surface area contributed by atoms with E-state index >= 15 is 0 Å². The van der Waals surface area contributed by atoms with Crippen molar-refractivity contribution in [3.05, 3.63) is 83.2 Å². The topological polar surface area (TPSA) is 88.6 Å². The maximum Gasteiger partial charge on any atom is 0.251 e. The number of thiazole rings is 1. The molecule has 1 aliphatic heterocycles. The smallest absolute Gasteiger partial charge is 0.251 e.